The molecule has 0 radical (unpaired) electrons. The minimum atomic E-state index is -0.298. The maximum atomic E-state index is 12.3. The second-order valence-electron chi connectivity index (χ2n) is 5.64. The first kappa shape index (κ1) is 18.9. The van der Waals surface area contributed by atoms with Crippen LogP contribution in [-0.2, 0) is 4.79 Å². The molecule has 3 N–H and O–H groups in total. The number of nitrogens with one attached hydrogen (secondary N) is 2. The summed E-state index contributed by atoms with van der Waals surface area (Å²) in [6, 6.07) is 8.96. The molecule has 3 rings (SSSR count). The van der Waals surface area contributed by atoms with Gasteiger partial charge in [-0.3, -0.25) is 4.79 Å². The Morgan fingerprint density at radius 3 is 2.88 bits per heavy atom. The number of carbonyl (C=O) groups excluding carboxylic acids is 1. The third kappa shape index (κ3) is 4.11. The summed E-state index contributed by atoms with van der Waals surface area (Å²) >= 11 is 10.7. The van der Waals surface area contributed by atoms with Crippen LogP contribution in [0.2, 0.25) is 5.02 Å². The summed E-state index contributed by atoms with van der Waals surface area (Å²) in [6.07, 6.45) is 1.75. The molecular weight excluding hydrogens is 440 g/mol. The zero-order valence-electron chi connectivity index (χ0n) is 14.0. The standard InChI is InChI=1S/C18H16BrClN2O3S/c1-9-3-4-11(20)8-13(9)21-18-22-17(24)15(26-18)7-10-5-12(19)16(23)14(6-10)25-2/h3-8,18,21,23H,1-2H3,(H,22,24)/b15-7-. The molecule has 1 amide bonds. The van der Waals surface area contributed by atoms with Crippen molar-refractivity contribution in [3.05, 3.63) is 55.9 Å². The lowest BCUT2D eigenvalue weighted by atomic mass is 10.2. The van der Waals surface area contributed by atoms with Gasteiger partial charge in [-0.15, -0.1) is 0 Å². The van der Waals surface area contributed by atoms with Crippen molar-refractivity contribution in [1.29, 1.82) is 0 Å². The number of ether oxygens (including phenoxy) is 1. The van der Waals surface area contributed by atoms with Gasteiger partial charge in [-0.1, -0.05) is 29.4 Å². The number of hydrogen-bond acceptors (Lipinski definition) is 5. The zero-order chi connectivity index (χ0) is 18.8. The summed E-state index contributed by atoms with van der Waals surface area (Å²) in [5, 5.41) is 16.7. The number of benzene rings is 2. The highest BCUT2D eigenvalue weighted by molar-refractivity contribution is 9.10. The van der Waals surface area contributed by atoms with Crippen LogP contribution in [0.15, 0.2) is 39.7 Å². The Balaban J connectivity index is 1.80. The third-order valence-corrected chi connectivity index (χ3v) is 5.65. The number of phenols is 1. The van der Waals surface area contributed by atoms with Crippen LogP contribution in [-0.4, -0.2) is 23.6 Å². The maximum absolute atomic E-state index is 12.3. The molecule has 8 heteroatoms. The van der Waals surface area contributed by atoms with Crippen LogP contribution >= 0.6 is 39.3 Å². The van der Waals surface area contributed by atoms with Crippen molar-refractivity contribution in [3.63, 3.8) is 0 Å². The lowest BCUT2D eigenvalue weighted by Crippen LogP contribution is -2.31. The molecule has 1 aliphatic heterocycles. The number of rotatable bonds is 4. The lowest BCUT2D eigenvalue weighted by molar-refractivity contribution is -0.116. The maximum Gasteiger partial charge on any atom is 0.260 e. The SMILES string of the molecule is COc1cc(/C=C2\SC(Nc3cc(Cl)ccc3C)NC2=O)cc(Br)c1O. The molecule has 0 aliphatic carbocycles. The van der Waals surface area contributed by atoms with E-state index in [2.05, 4.69) is 26.6 Å². The Kier molecular flexibility index (Phi) is 5.70. The monoisotopic (exact) mass is 454 g/mol. The quantitative estimate of drug-likeness (QED) is 0.582. The number of halogens is 2. The second-order valence-corrected chi connectivity index (χ2v) is 8.07. The third-order valence-electron chi connectivity index (χ3n) is 3.79. The molecule has 0 spiro atoms. The number of methoxy groups -OCH3 is 1. The molecule has 0 aromatic heterocycles. The molecule has 0 saturated carbocycles. The van der Waals surface area contributed by atoms with Gasteiger partial charge in [-0.25, -0.2) is 0 Å². The summed E-state index contributed by atoms with van der Waals surface area (Å²) in [6.45, 7) is 1.97. The lowest BCUT2D eigenvalue weighted by Gasteiger charge is -2.15. The Morgan fingerprint density at radius 2 is 2.15 bits per heavy atom. The van der Waals surface area contributed by atoms with E-state index in [0.29, 0.717) is 20.2 Å². The minimum absolute atomic E-state index is 0.0224. The molecule has 1 saturated heterocycles. The molecule has 1 aliphatic rings. The number of aromatic hydroxyl groups is 1. The van der Waals surface area contributed by atoms with Crippen LogP contribution in [0, 0.1) is 6.92 Å². The van der Waals surface area contributed by atoms with E-state index in [1.54, 1.807) is 18.2 Å². The van der Waals surface area contributed by atoms with Gasteiger partial charge in [0.1, 0.15) is 0 Å². The van der Waals surface area contributed by atoms with Crippen molar-refractivity contribution in [1.82, 2.24) is 5.32 Å². The van der Waals surface area contributed by atoms with Gasteiger partial charge < -0.3 is 20.5 Å². The Labute approximate surface area is 168 Å². The highest BCUT2D eigenvalue weighted by atomic mass is 79.9. The van der Waals surface area contributed by atoms with Crippen molar-refractivity contribution in [3.8, 4) is 11.5 Å². The van der Waals surface area contributed by atoms with E-state index in [1.807, 2.05) is 25.1 Å². The molecule has 5 nitrogen and oxygen atoms in total. The highest BCUT2D eigenvalue weighted by Crippen LogP contribution is 2.37. The summed E-state index contributed by atoms with van der Waals surface area (Å²) < 4.78 is 5.64. The van der Waals surface area contributed by atoms with Gasteiger partial charge in [0.2, 0.25) is 0 Å². The minimum Gasteiger partial charge on any atom is -0.503 e. The van der Waals surface area contributed by atoms with Gasteiger partial charge in [0.15, 0.2) is 17.0 Å². The number of amides is 1. The number of anilines is 1. The average Bonchev–Trinajstić information content (AvgIpc) is 2.93. The average molecular weight is 456 g/mol. The predicted molar refractivity (Wildman–Crippen MR) is 110 cm³/mol. The second kappa shape index (κ2) is 7.82. The van der Waals surface area contributed by atoms with E-state index >= 15 is 0 Å². The molecule has 1 atom stereocenters. The predicted octanol–water partition coefficient (Wildman–Crippen LogP) is 4.72. The molecule has 1 unspecified atom stereocenters. The largest absolute Gasteiger partial charge is 0.503 e. The number of aryl methyl sites for hydroxylation is 1. The Morgan fingerprint density at radius 1 is 1.38 bits per heavy atom. The van der Waals surface area contributed by atoms with Crippen LogP contribution in [0.25, 0.3) is 6.08 Å². The van der Waals surface area contributed by atoms with Gasteiger partial charge in [0, 0.05) is 10.7 Å². The summed E-state index contributed by atoms with van der Waals surface area (Å²) in [5.41, 5.74) is 2.34. The van der Waals surface area contributed by atoms with Crippen LogP contribution in [0.1, 0.15) is 11.1 Å². The van der Waals surface area contributed by atoms with Crippen LogP contribution in [0.5, 0.6) is 11.5 Å². The van der Waals surface area contributed by atoms with Crippen LogP contribution in [0.4, 0.5) is 5.69 Å². The van der Waals surface area contributed by atoms with Crippen LogP contribution in [0.3, 0.4) is 0 Å². The van der Waals surface area contributed by atoms with E-state index < -0.39 is 0 Å². The first-order chi connectivity index (χ1) is 12.4. The smallest absolute Gasteiger partial charge is 0.260 e. The molecule has 136 valence electrons. The van der Waals surface area contributed by atoms with E-state index in [4.69, 9.17) is 16.3 Å². The molecule has 0 bridgehead atoms. The fourth-order valence-corrected chi connectivity index (χ4v) is 4.05. The summed E-state index contributed by atoms with van der Waals surface area (Å²) in [7, 11) is 1.47. The topological polar surface area (TPSA) is 70.6 Å². The molecule has 1 fully saturated rings. The van der Waals surface area contributed by atoms with E-state index in [-0.39, 0.29) is 17.2 Å². The normalized spacial score (nSPS) is 18.1. The van der Waals surface area contributed by atoms with Gasteiger partial charge in [0.05, 0.1) is 16.5 Å². The van der Waals surface area contributed by atoms with Crippen molar-refractivity contribution < 1.29 is 14.6 Å². The molecule has 26 heavy (non-hydrogen) atoms. The Bertz CT molecular complexity index is 904. The first-order valence-corrected chi connectivity index (χ1v) is 9.71. The molecule has 2 aromatic carbocycles. The van der Waals surface area contributed by atoms with E-state index in [0.717, 1.165) is 16.8 Å². The number of thioether (sulfide) groups is 1. The zero-order valence-corrected chi connectivity index (χ0v) is 17.1. The number of phenolic OH excluding ortho intramolecular Hbond substituents is 1. The number of carbonyl (C=O) groups is 1. The highest BCUT2D eigenvalue weighted by Gasteiger charge is 2.27. The fraction of sp³-hybridized carbons (Fsp3) is 0.167. The van der Waals surface area contributed by atoms with Gasteiger partial charge in [-0.05, 0) is 64.3 Å². The summed E-state index contributed by atoms with van der Waals surface area (Å²) in [5.74, 6) is 0.184. The van der Waals surface area contributed by atoms with E-state index in [1.165, 1.54) is 18.9 Å². The van der Waals surface area contributed by atoms with Crippen molar-refractivity contribution >= 4 is 57.0 Å². The van der Waals surface area contributed by atoms with Gasteiger partial charge in [-0.2, -0.15) is 0 Å². The van der Waals surface area contributed by atoms with Crippen molar-refractivity contribution in [2.45, 2.75) is 12.4 Å². The number of hydrogen-bond donors (Lipinski definition) is 3. The van der Waals surface area contributed by atoms with Crippen molar-refractivity contribution in [2.75, 3.05) is 12.4 Å². The molecule has 1 heterocycles. The molecular formula is C18H16BrClN2O3S. The van der Waals surface area contributed by atoms with Crippen LogP contribution < -0.4 is 15.4 Å². The molecule has 2 aromatic rings. The fourth-order valence-electron chi connectivity index (χ4n) is 2.44. The van der Waals surface area contributed by atoms with Gasteiger partial charge >= 0.3 is 0 Å². The van der Waals surface area contributed by atoms with Crippen molar-refractivity contribution in [2.24, 2.45) is 0 Å². The van der Waals surface area contributed by atoms with E-state index in [9.17, 15) is 9.90 Å². The van der Waals surface area contributed by atoms with Gasteiger partial charge in [0.25, 0.3) is 5.91 Å². The summed E-state index contributed by atoms with van der Waals surface area (Å²) in [4.78, 5) is 12.8. The first-order valence-electron chi connectivity index (χ1n) is 7.66. The Hall–Kier alpha value is -1.83.